The van der Waals surface area contributed by atoms with Crippen LogP contribution >= 0.6 is 0 Å². The fourth-order valence-corrected chi connectivity index (χ4v) is 3.11. The van der Waals surface area contributed by atoms with Gasteiger partial charge < -0.3 is 19.8 Å². The monoisotopic (exact) mass is 352 g/mol. The number of benzene rings is 1. The summed E-state index contributed by atoms with van der Waals surface area (Å²) in [6.45, 7) is 7.79. The summed E-state index contributed by atoms with van der Waals surface area (Å²) in [7, 11) is -1.05. The van der Waals surface area contributed by atoms with Gasteiger partial charge in [-0.05, 0) is 40.5 Å². The van der Waals surface area contributed by atoms with Gasteiger partial charge in [0.2, 0.25) is 0 Å². The third kappa shape index (κ3) is 2.90. The lowest BCUT2D eigenvalue weighted by molar-refractivity contribution is -0.383. The molecule has 1 aromatic rings. The molecule has 7 nitrogen and oxygen atoms in total. The molecule has 1 aromatic carbocycles. The standard InChI is InChI=1S/C16H22BFN2O5/c1-15(2)16(3,4)25-17(24-15)9-8-10(20(21)22)14(19)12(13(9)18)11-6-5-7-23-11/h8,11H,5-7,19H2,1-4H3/t11-/m1/s1. The van der Waals surface area contributed by atoms with Crippen molar-refractivity contribution in [2.24, 2.45) is 0 Å². The van der Waals surface area contributed by atoms with Gasteiger partial charge >= 0.3 is 7.12 Å². The molecule has 0 aromatic heterocycles. The van der Waals surface area contributed by atoms with Crippen molar-refractivity contribution >= 4 is 24.0 Å². The first kappa shape index (κ1) is 18.1. The molecule has 136 valence electrons. The molecule has 2 aliphatic rings. The van der Waals surface area contributed by atoms with E-state index in [1.165, 1.54) is 0 Å². The highest BCUT2D eigenvalue weighted by Gasteiger charge is 2.53. The molecule has 0 aliphatic carbocycles. The summed E-state index contributed by atoms with van der Waals surface area (Å²) in [6.07, 6.45) is 0.712. The van der Waals surface area contributed by atoms with Gasteiger partial charge in [0.1, 0.15) is 11.5 Å². The molecule has 25 heavy (non-hydrogen) atoms. The predicted molar refractivity (Wildman–Crippen MR) is 91.1 cm³/mol. The first-order valence-corrected chi connectivity index (χ1v) is 8.28. The van der Waals surface area contributed by atoms with Crippen molar-refractivity contribution in [2.45, 2.75) is 57.8 Å². The molecule has 2 heterocycles. The number of ether oxygens (including phenoxy) is 1. The Hall–Kier alpha value is -1.71. The minimum Gasteiger partial charge on any atom is -0.399 e. The van der Waals surface area contributed by atoms with Gasteiger partial charge in [0.25, 0.3) is 5.69 Å². The van der Waals surface area contributed by atoms with Crippen LogP contribution in [0.3, 0.4) is 0 Å². The second kappa shape index (κ2) is 5.93. The highest BCUT2D eigenvalue weighted by molar-refractivity contribution is 6.62. The second-order valence-electron chi connectivity index (χ2n) is 7.47. The molecular formula is C16H22BFN2O5. The Balaban J connectivity index is 2.12. The largest absolute Gasteiger partial charge is 0.498 e. The summed E-state index contributed by atoms with van der Waals surface area (Å²) in [5.41, 5.74) is 3.95. The molecule has 9 heteroatoms. The molecule has 2 aliphatic heterocycles. The van der Waals surface area contributed by atoms with Crippen molar-refractivity contribution in [3.63, 3.8) is 0 Å². The van der Waals surface area contributed by atoms with E-state index >= 15 is 4.39 Å². The summed E-state index contributed by atoms with van der Waals surface area (Å²) in [5, 5.41) is 11.4. The van der Waals surface area contributed by atoms with Gasteiger partial charge in [-0.3, -0.25) is 10.1 Å². The summed E-state index contributed by atoms with van der Waals surface area (Å²) in [4.78, 5) is 10.8. The van der Waals surface area contributed by atoms with Gasteiger partial charge in [-0.2, -0.15) is 0 Å². The van der Waals surface area contributed by atoms with Crippen molar-refractivity contribution in [1.82, 2.24) is 0 Å². The van der Waals surface area contributed by atoms with E-state index in [1.807, 2.05) is 27.7 Å². The van der Waals surface area contributed by atoms with E-state index in [0.29, 0.717) is 13.0 Å². The molecule has 1 atom stereocenters. The molecule has 2 saturated heterocycles. The quantitative estimate of drug-likeness (QED) is 0.388. The number of anilines is 1. The molecular weight excluding hydrogens is 330 g/mol. The number of nitrogen functional groups attached to an aromatic ring is 1. The minimum atomic E-state index is -1.05. The third-order valence-electron chi connectivity index (χ3n) is 5.30. The van der Waals surface area contributed by atoms with Gasteiger partial charge in [0, 0.05) is 23.7 Å². The lowest BCUT2D eigenvalue weighted by Crippen LogP contribution is -2.41. The number of halogens is 1. The normalized spacial score (nSPS) is 24.7. The van der Waals surface area contributed by atoms with Crippen LogP contribution in [-0.2, 0) is 14.0 Å². The summed E-state index contributed by atoms with van der Waals surface area (Å²) in [5.74, 6) is -0.659. The number of rotatable bonds is 3. The Bertz CT molecular complexity index is 703. The van der Waals surface area contributed by atoms with Gasteiger partial charge in [-0.25, -0.2) is 4.39 Å². The van der Waals surface area contributed by atoms with Crippen LogP contribution in [0.25, 0.3) is 0 Å². The maximum atomic E-state index is 15.2. The molecule has 2 fully saturated rings. The average molecular weight is 352 g/mol. The smallest absolute Gasteiger partial charge is 0.399 e. The lowest BCUT2D eigenvalue weighted by Gasteiger charge is -2.32. The summed E-state index contributed by atoms with van der Waals surface area (Å²) in [6, 6.07) is 1.10. The van der Waals surface area contributed by atoms with Crippen molar-refractivity contribution in [3.05, 3.63) is 27.6 Å². The molecule has 0 unspecified atom stereocenters. The van der Waals surface area contributed by atoms with Crippen molar-refractivity contribution in [2.75, 3.05) is 12.3 Å². The van der Waals surface area contributed by atoms with Gasteiger partial charge in [-0.15, -0.1) is 0 Å². The van der Waals surface area contributed by atoms with Crippen LogP contribution in [0.2, 0.25) is 0 Å². The molecule has 2 N–H and O–H groups in total. The van der Waals surface area contributed by atoms with E-state index in [-0.39, 0.29) is 22.4 Å². The van der Waals surface area contributed by atoms with Crippen LogP contribution in [0.5, 0.6) is 0 Å². The SMILES string of the molecule is CC1(C)OB(c2cc([N+](=O)[O-])c(N)c([C@H]3CCCO3)c2F)OC1(C)C. The minimum absolute atomic E-state index is 0.0231. The number of nitro benzene ring substituents is 1. The van der Waals surface area contributed by atoms with E-state index in [9.17, 15) is 10.1 Å². The van der Waals surface area contributed by atoms with E-state index in [2.05, 4.69) is 0 Å². The van der Waals surface area contributed by atoms with Crippen LogP contribution in [0.4, 0.5) is 15.8 Å². The maximum absolute atomic E-state index is 15.2. The van der Waals surface area contributed by atoms with E-state index in [0.717, 1.165) is 12.5 Å². The average Bonchev–Trinajstić information content (AvgIpc) is 3.06. The van der Waals surface area contributed by atoms with Gasteiger partial charge in [-0.1, -0.05) is 0 Å². The first-order chi connectivity index (χ1) is 11.5. The Morgan fingerprint density at radius 2 is 1.92 bits per heavy atom. The molecule has 0 spiro atoms. The maximum Gasteiger partial charge on any atom is 0.498 e. The molecule has 3 rings (SSSR count). The van der Waals surface area contributed by atoms with Crippen molar-refractivity contribution in [1.29, 1.82) is 0 Å². The number of hydrogen-bond donors (Lipinski definition) is 1. The van der Waals surface area contributed by atoms with E-state index in [1.54, 1.807) is 0 Å². The zero-order valence-electron chi connectivity index (χ0n) is 14.8. The number of nitro groups is 1. The van der Waals surface area contributed by atoms with Gasteiger partial charge in [0.15, 0.2) is 0 Å². The summed E-state index contributed by atoms with van der Waals surface area (Å²) >= 11 is 0. The molecule has 0 saturated carbocycles. The van der Waals surface area contributed by atoms with Crippen molar-refractivity contribution < 1.29 is 23.4 Å². The highest BCUT2D eigenvalue weighted by atomic mass is 19.1. The Morgan fingerprint density at radius 1 is 1.32 bits per heavy atom. The van der Waals surface area contributed by atoms with Crippen LogP contribution in [0.15, 0.2) is 6.07 Å². The van der Waals surface area contributed by atoms with Crippen LogP contribution < -0.4 is 11.2 Å². The molecule has 0 amide bonds. The number of hydrogen-bond acceptors (Lipinski definition) is 6. The van der Waals surface area contributed by atoms with Crippen LogP contribution in [-0.4, -0.2) is 29.9 Å². The summed E-state index contributed by atoms with van der Waals surface area (Å²) < 4.78 is 32.5. The van der Waals surface area contributed by atoms with Gasteiger partial charge in [0.05, 0.1) is 22.2 Å². The topological polar surface area (TPSA) is 96.9 Å². The zero-order chi connectivity index (χ0) is 18.6. The van der Waals surface area contributed by atoms with Crippen LogP contribution in [0.1, 0.15) is 52.2 Å². The Morgan fingerprint density at radius 3 is 2.40 bits per heavy atom. The fraction of sp³-hybridized carbons (Fsp3) is 0.625. The van der Waals surface area contributed by atoms with Crippen LogP contribution in [0, 0.1) is 15.9 Å². The van der Waals surface area contributed by atoms with E-state index in [4.69, 9.17) is 19.8 Å². The number of nitrogens with two attached hydrogens (primary N) is 1. The number of nitrogens with zero attached hydrogens (tertiary/aromatic N) is 1. The Kier molecular flexibility index (Phi) is 4.29. The zero-order valence-corrected chi connectivity index (χ0v) is 14.8. The van der Waals surface area contributed by atoms with E-state index < -0.39 is 35.2 Å². The molecule has 0 bridgehead atoms. The first-order valence-electron chi connectivity index (χ1n) is 8.28. The van der Waals surface area contributed by atoms with Crippen molar-refractivity contribution in [3.8, 4) is 0 Å². The molecule has 0 radical (unpaired) electrons. The third-order valence-corrected chi connectivity index (χ3v) is 5.30. The second-order valence-corrected chi connectivity index (χ2v) is 7.47. The predicted octanol–water partition coefficient (Wildman–Crippen LogP) is 2.47. The fourth-order valence-electron chi connectivity index (χ4n) is 3.11. The lowest BCUT2D eigenvalue weighted by atomic mass is 9.76. The highest BCUT2D eigenvalue weighted by Crippen LogP contribution is 2.40. The Labute approximate surface area is 145 Å².